The fourth-order valence-corrected chi connectivity index (χ4v) is 6.30. The quantitative estimate of drug-likeness (QED) is 0.0932. The third-order valence-corrected chi connectivity index (χ3v) is 9.78. The molecular formula is C26H44NO7PSi. The van der Waals surface area contributed by atoms with Gasteiger partial charge < -0.3 is 28.6 Å². The molecule has 0 spiro atoms. The number of cyclic esters (lactones) is 1. The lowest BCUT2D eigenvalue weighted by atomic mass is 9.95. The Kier molecular flexibility index (Phi) is 11.7. The minimum absolute atomic E-state index is 0.243. The van der Waals surface area contributed by atoms with Gasteiger partial charge in [0.05, 0.1) is 33.1 Å². The molecule has 0 unspecified atom stereocenters. The monoisotopic (exact) mass is 541 g/mol. The van der Waals surface area contributed by atoms with Crippen LogP contribution in [0.25, 0.3) is 0 Å². The SMILES string of the molecule is CCOP(=O)(CCNC/C(C)=C/Cc1c(OC)c(C)c2c(c1OCC[Si](C)(C)C)C(=O)OC2)OCC. The Morgan fingerprint density at radius 2 is 1.83 bits per heavy atom. The predicted octanol–water partition coefficient (Wildman–Crippen LogP) is 5.74. The Morgan fingerprint density at radius 1 is 1.17 bits per heavy atom. The van der Waals surface area contributed by atoms with Crippen molar-refractivity contribution < 1.29 is 32.6 Å². The molecule has 1 heterocycles. The van der Waals surface area contributed by atoms with Gasteiger partial charge in [-0.3, -0.25) is 4.57 Å². The highest BCUT2D eigenvalue weighted by Crippen LogP contribution is 2.47. The highest BCUT2D eigenvalue weighted by atomic mass is 31.2. The summed E-state index contributed by atoms with van der Waals surface area (Å²) in [4.78, 5) is 12.6. The molecule has 0 aromatic heterocycles. The average molecular weight is 542 g/mol. The number of rotatable bonds is 16. The predicted molar refractivity (Wildman–Crippen MR) is 147 cm³/mol. The van der Waals surface area contributed by atoms with Gasteiger partial charge in [0.15, 0.2) is 0 Å². The molecule has 0 radical (unpaired) electrons. The van der Waals surface area contributed by atoms with Crippen LogP contribution >= 0.6 is 7.60 Å². The first kappa shape index (κ1) is 30.6. The van der Waals surface area contributed by atoms with Gasteiger partial charge in [0, 0.05) is 32.3 Å². The molecule has 0 aliphatic carbocycles. The van der Waals surface area contributed by atoms with Gasteiger partial charge in [-0.1, -0.05) is 31.3 Å². The molecule has 1 N–H and O–H groups in total. The van der Waals surface area contributed by atoms with Crippen LogP contribution in [0.3, 0.4) is 0 Å². The van der Waals surface area contributed by atoms with Crippen LogP contribution in [-0.2, 0) is 31.4 Å². The molecule has 8 nitrogen and oxygen atoms in total. The van der Waals surface area contributed by atoms with Gasteiger partial charge in [-0.2, -0.15) is 0 Å². The molecule has 2 rings (SSSR count). The van der Waals surface area contributed by atoms with Crippen molar-refractivity contribution in [3.05, 3.63) is 33.9 Å². The summed E-state index contributed by atoms with van der Waals surface area (Å²) in [6, 6.07) is 0.985. The smallest absolute Gasteiger partial charge is 0.342 e. The molecule has 0 bridgehead atoms. The Balaban J connectivity index is 2.19. The molecule has 10 heteroatoms. The van der Waals surface area contributed by atoms with Gasteiger partial charge in [-0.05, 0) is 45.7 Å². The minimum atomic E-state index is -3.06. The Hall–Kier alpha value is -1.64. The van der Waals surface area contributed by atoms with Crippen LogP contribution in [0.1, 0.15) is 47.8 Å². The summed E-state index contributed by atoms with van der Waals surface area (Å²) in [5, 5.41) is 3.32. The van der Waals surface area contributed by atoms with E-state index in [1.807, 2.05) is 27.7 Å². The lowest BCUT2D eigenvalue weighted by Gasteiger charge is -2.21. The number of carbonyl (C=O) groups excluding carboxylic acids is 1. The fourth-order valence-electron chi connectivity index (χ4n) is 4.04. The zero-order chi connectivity index (χ0) is 26.9. The van der Waals surface area contributed by atoms with E-state index in [0.29, 0.717) is 56.8 Å². The van der Waals surface area contributed by atoms with E-state index in [9.17, 15) is 9.36 Å². The maximum atomic E-state index is 12.6. The average Bonchev–Trinajstić information content (AvgIpc) is 3.18. The van der Waals surface area contributed by atoms with Crippen molar-refractivity contribution in [1.29, 1.82) is 0 Å². The molecule has 1 aromatic carbocycles. The van der Waals surface area contributed by atoms with Crippen LogP contribution in [0.15, 0.2) is 11.6 Å². The van der Waals surface area contributed by atoms with Crippen LogP contribution in [0.2, 0.25) is 25.7 Å². The first-order chi connectivity index (χ1) is 17.0. The maximum absolute atomic E-state index is 12.6. The van der Waals surface area contributed by atoms with Crippen LogP contribution in [0, 0.1) is 6.92 Å². The van der Waals surface area contributed by atoms with Crippen molar-refractivity contribution in [3.8, 4) is 11.5 Å². The van der Waals surface area contributed by atoms with Crippen molar-refractivity contribution in [3.63, 3.8) is 0 Å². The van der Waals surface area contributed by atoms with Gasteiger partial charge in [-0.15, -0.1) is 0 Å². The van der Waals surface area contributed by atoms with Crippen molar-refractivity contribution in [2.75, 3.05) is 46.2 Å². The summed E-state index contributed by atoms with van der Waals surface area (Å²) in [6.07, 6.45) is 2.97. The van der Waals surface area contributed by atoms with Crippen molar-refractivity contribution in [2.24, 2.45) is 0 Å². The molecule has 1 aliphatic rings. The van der Waals surface area contributed by atoms with E-state index in [4.69, 9.17) is 23.3 Å². The molecule has 0 atom stereocenters. The second-order valence-corrected chi connectivity index (χ2v) is 18.0. The van der Waals surface area contributed by atoms with Gasteiger partial charge in [0.1, 0.15) is 23.7 Å². The molecule has 36 heavy (non-hydrogen) atoms. The maximum Gasteiger partial charge on any atom is 0.342 e. The molecule has 0 amide bonds. The first-order valence-electron chi connectivity index (χ1n) is 12.7. The third kappa shape index (κ3) is 8.45. The number of fused-ring (bicyclic) bond motifs is 1. The molecule has 1 aliphatic heterocycles. The molecule has 0 saturated heterocycles. The number of nitrogens with one attached hydrogen (secondary N) is 1. The van der Waals surface area contributed by atoms with Crippen LogP contribution in [0.4, 0.5) is 0 Å². The van der Waals surface area contributed by atoms with E-state index in [1.54, 1.807) is 7.11 Å². The summed E-state index contributed by atoms with van der Waals surface area (Å²) >= 11 is 0. The van der Waals surface area contributed by atoms with E-state index >= 15 is 0 Å². The largest absolute Gasteiger partial charge is 0.496 e. The first-order valence-corrected chi connectivity index (χ1v) is 18.2. The highest BCUT2D eigenvalue weighted by molar-refractivity contribution is 7.53. The van der Waals surface area contributed by atoms with Gasteiger partial charge in [0.25, 0.3) is 0 Å². The Bertz CT molecular complexity index is 978. The molecule has 1 aromatic rings. The normalized spacial score (nSPS) is 14.1. The number of hydrogen-bond donors (Lipinski definition) is 1. The lowest BCUT2D eigenvalue weighted by Crippen LogP contribution is -2.23. The van der Waals surface area contributed by atoms with Crippen LogP contribution in [0.5, 0.6) is 11.5 Å². The standard InChI is InChI=1S/C26H44NO7PSi/c1-9-33-35(29,34-10-2)15-13-27-17-19(3)11-12-21-24(30-5)20(4)22-18-32-26(28)23(22)25(21)31-14-16-36(6,7)8/h11,27H,9-10,12-18H2,1-8H3/b19-11+. The Morgan fingerprint density at radius 3 is 2.42 bits per heavy atom. The van der Waals surface area contributed by atoms with Crippen LogP contribution < -0.4 is 14.8 Å². The number of hydrogen-bond acceptors (Lipinski definition) is 8. The molecular weight excluding hydrogens is 497 g/mol. The molecule has 0 fully saturated rings. The van der Waals surface area contributed by atoms with Gasteiger partial charge in [0.2, 0.25) is 0 Å². The minimum Gasteiger partial charge on any atom is -0.496 e. The van der Waals surface area contributed by atoms with E-state index in [-0.39, 0.29) is 12.6 Å². The third-order valence-electron chi connectivity index (χ3n) is 6.00. The van der Waals surface area contributed by atoms with Gasteiger partial charge in [-0.25, -0.2) is 4.79 Å². The van der Waals surface area contributed by atoms with Crippen molar-refractivity contribution in [1.82, 2.24) is 5.32 Å². The second-order valence-electron chi connectivity index (χ2n) is 10.2. The number of carbonyl (C=O) groups is 1. The number of ether oxygens (including phenoxy) is 3. The lowest BCUT2D eigenvalue weighted by molar-refractivity contribution is 0.0532. The zero-order valence-corrected chi connectivity index (χ0v) is 25.1. The van der Waals surface area contributed by atoms with E-state index < -0.39 is 15.7 Å². The van der Waals surface area contributed by atoms with Crippen molar-refractivity contribution >= 4 is 21.6 Å². The summed E-state index contributed by atoms with van der Waals surface area (Å²) in [7, 11) is -2.72. The molecule has 204 valence electrons. The van der Waals surface area contributed by atoms with E-state index in [0.717, 1.165) is 34.1 Å². The topological polar surface area (TPSA) is 92.3 Å². The zero-order valence-electron chi connectivity index (χ0n) is 23.2. The second kappa shape index (κ2) is 13.8. The number of allylic oxidation sites excluding steroid dienone is 1. The Labute approximate surface area is 217 Å². The fraction of sp³-hybridized carbons (Fsp3) is 0.654. The summed E-state index contributed by atoms with van der Waals surface area (Å²) in [5.41, 5.74) is 4.26. The highest BCUT2D eigenvalue weighted by Gasteiger charge is 2.33. The number of methoxy groups -OCH3 is 1. The summed E-state index contributed by atoms with van der Waals surface area (Å²) in [5.74, 6) is 0.983. The summed E-state index contributed by atoms with van der Waals surface area (Å²) in [6.45, 7) is 17.2. The summed E-state index contributed by atoms with van der Waals surface area (Å²) < 4.78 is 40.8. The van der Waals surface area contributed by atoms with Gasteiger partial charge >= 0.3 is 13.6 Å². The van der Waals surface area contributed by atoms with E-state index in [2.05, 4.69) is 31.0 Å². The molecule has 0 saturated carbocycles. The number of benzene rings is 1. The van der Waals surface area contributed by atoms with Crippen molar-refractivity contribution in [2.45, 2.75) is 66.4 Å². The van der Waals surface area contributed by atoms with E-state index in [1.165, 1.54) is 0 Å². The number of esters is 1. The van der Waals surface area contributed by atoms with Crippen LogP contribution in [-0.4, -0.2) is 60.2 Å².